The minimum Gasteiger partial charge on any atom is -0.341 e. The first-order valence-corrected chi connectivity index (χ1v) is 11.4. The molecule has 2 aromatic heterocycles. The third-order valence-electron chi connectivity index (χ3n) is 4.93. The van der Waals surface area contributed by atoms with Crippen LogP contribution in [0.4, 0.5) is 10.1 Å². The first-order chi connectivity index (χ1) is 16.1. The molecule has 1 amide bonds. The molecule has 2 N–H and O–H groups in total. The van der Waals surface area contributed by atoms with E-state index in [-0.39, 0.29) is 11.7 Å². The molecule has 0 bridgehead atoms. The highest BCUT2D eigenvalue weighted by atomic mass is 35.5. The van der Waals surface area contributed by atoms with E-state index in [1.807, 2.05) is 36.4 Å². The highest BCUT2D eigenvalue weighted by Crippen LogP contribution is 2.28. The summed E-state index contributed by atoms with van der Waals surface area (Å²) in [5, 5.41) is 4.01. The zero-order chi connectivity index (χ0) is 22.8. The van der Waals surface area contributed by atoms with Crippen molar-refractivity contribution in [2.45, 2.75) is 10.9 Å². The Morgan fingerprint density at radius 3 is 2.58 bits per heavy atom. The summed E-state index contributed by atoms with van der Waals surface area (Å²) >= 11 is 7.52. The minimum absolute atomic E-state index is 0.341. The van der Waals surface area contributed by atoms with Crippen molar-refractivity contribution in [2.75, 3.05) is 5.32 Å². The molecule has 0 saturated carbocycles. The lowest BCUT2D eigenvalue weighted by Crippen LogP contribution is -2.16. The summed E-state index contributed by atoms with van der Waals surface area (Å²) in [6, 6.07) is 20.6. The third-order valence-corrected chi connectivity index (χ3v) is 6.14. The van der Waals surface area contributed by atoms with Crippen LogP contribution in [0, 0.1) is 5.82 Å². The van der Waals surface area contributed by atoms with Crippen molar-refractivity contribution in [2.24, 2.45) is 0 Å². The number of fused-ring (bicyclic) bond motifs is 1. The maximum atomic E-state index is 13.2. The molecule has 0 radical (unpaired) electrons. The number of nitrogens with one attached hydrogen (secondary N) is 2. The normalized spacial score (nSPS) is 11.1. The van der Waals surface area contributed by atoms with Gasteiger partial charge in [-0.1, -0.05) is 35.5 Å². The van der Waals surface area contributed by atoms with E-state index >= 15 is 0 Å². The molecular formula is C24H17ClFN5OS. The zero-order valence-electron chi connectivity index (χ0n) is 17.1. The van der Waals surface area contributed by atoms with Crippen LogP contribution in [0.15, 0.2) is 84.1 Å². The molecule has 0 atom stereocenters. The van der Waals surface area contributed by atoms with Crippen molar-refractivity contribution in [3.8, 4) is 5.69 Å². The summed E-state index contributed by atoms with van der Waals surface area (Å²) < 4.78 is 15.0. The van der Waals surface area contributed by atoms with Crippen LogP contribution in [0.1, 0.15) is 16.3 Å². The monoisotopic (exact) mass is 477 g/mol. The second kappa shape index (κ2) is 9.09. The molecule has 0 aliphatic carbocycles. The van der Waals surface area contributed by atoms with Gasteiger partial charge in [-0.3, -0.25) is 9.36 Å². The number of hydrogen-bond acceptors (Lipinski definition) is 4. The predicted molar refractivity (Wildman–Crippen MR) is 129 cm³/mol. The van der Waals surface area contributed by atoms with Gasteiger partial charge in [-0.2, -0.15) is 0 Å². The first-order valence-electron chi connectivity index (χ1n) is 10.0. The molecule has 9 heteroatoms. The zero-order valence-corrected chi connectivity index (χ0v) is 18.7. The van der Waals surface area contributed by atoms with Crippen LogP contribution in [0.5, 0.6) is 0 Å². The SMILES string of the molecule is O=C(Nc1ccc(F)cc1)c1cnc(SCc2nc3ccccc3[nH]2)n1-c1ccc(Cl)cc1. The lowest BCUT2D eigenvalue weighted by molar-refractivity contribution is 0.102. The van der Waals surface area contributed by atoms with Gasteiger partial charge in [0.25, 0.3) is 5.91 Å². The number of imidazole rings is 2. The number of aromatic amines is 1. The number of thioether (sulfide) groups is 1. The number of rotatable bonds is 6. The van der Waals surface area contributed by atoms with Gasteiger partial charge in [0.2, 0.25) is 0 Å². The minimum atomic E-state index is -0.372. The van der Waals surface area contributed by atoms with E-state index in [1.54, 1.807) is 16.7 Å². The van der Waals surface area contributed by atoms with Crippen LogP contribution in [-0.2, 0) is 5.75 Å². The fourth-order valence-corrected chi connectivity index (χ4v) is 4.36. The van der Waals surface area contributed by atoms with Crippen molar-refractivity contribution < 1.29 is 9.18 Å². The van der Waals surface area contributed by atoms with Crippen LogP contribution in [0.25, 0.3) is 16.7 Å². The Hall–Kier alpha value is -3.62. The smallest absolute Gasteiger partial charge is 0.274 e. The fraction of sp³-hybridized carbons (Fsp3) is 0.0417. The van der Waals surface area contributed by atoms with Gasteiger partial charge >= 0.3 is 0 Å². The average molecular weight is 478 g/mol. The molecule has 33 heavy (non-hydrogen) atoms. The Bertz CT molecular complexity index is 1400. The molecule has 5 rings (SSSR count). The molecule has 0 unspecified atom stereocenters. The summed E-state index contributed by atoms with van der Waals surface area (Å²) in [6.45, 7) is 0. The molecule has 5 aromatic rings. The highest BCUT2D eigenvalue weighted by Gasteiger charge is 2.19. The van der Waals surface area contributed by atoms with Crippen molar-refractivity contribution >= 4 is 46.0 Å². The van der Waals surface area contributed by atoms with Crippen LogP contribution < -0.4 is 5.32 Å². The second-order valence-electron chi connectivity index (χ2n) is 7.19. The molecule has 3 aromatic carbocycles. The van der Waals surface area contributed by atoms with Crippen LogP contribution >= 0.6 is 23.4 Å². The van der Waals surface area contributed by atoms with Crippen LogP contribution in [0.3, 0.4) is 0 Å². The van der Waals surface area contributed by atoms with Crippen molar-refractivity contribution in [3.63, 3.8) is 0 Å². The Balaban J connectivity index is 1.45. The van der Waals surface area contributed by atoms with Gasteiger partial charge < -0.3 is 10.3 Å². The van der Waals surface area contributed by atoms with Gasteiger partial charge in [0.15, 0.2) is 5.16 Å². The number of halogens is 2. The number of benzene rings is 3. The molecule has 6 nitrogen and oxygen atoms in total. The number of nitrogens with zero attached hydrogens (tertiary/aromatic N) is 3. The second-order valence-corrected chi connectivity index (χ2v) is 8.57. The molecule has 0 aliphatic heterocycles. The largest absolute Gasteiger partial charge is 0.341 e. The topological polar surface area (TPSA) is 75.6 Å². The molecule has 0 aliphatic rings. The number of carbonyl (C=O) groups excluding carboxylic acids is 1. The number of H-pyrrole nitrogens is 1. The number of amides is 1. The number of aromatic nitrogens is 4. The van der Waals surface area contributed by atoms with Gasteiger partial charge in [-0.25, -0.2) is 14.4 Å². The van der Waals surface area contributed by atoms with E-state index in [2.05, 4.69) is 20.3 Å². The van der Waals surface area contributed by atoms with E-state index in [9.17, 15) is 9.18 Å². The van der Waals surface area contributed by atoms with Crippen molar-refractivity contribution in [1.82, 2.24) is 19.5 Å². The van der Waals surface area contributed by atoms with Gasteiger partial charge in [-0.15, -0.1) is 0 Å². The number of para-hydroxylation sites is 2. The van der Waals surface area contributed by atoms with E-state index in [0.717, 1.165) is 22.5 Å². The highest BCUT2D eigenvalue weighted by molar-refractivity contribution is 7.98. The van der Waals surface area contributed by atoms with Crippen LogP contribution in [-0.4, -0.2) is 25.4 Å². The van der Waals surface area contributed by atoms with Crippen molar-refractivity contribution in [3.05, 3.63) is 101 Å². The van der Waals surface area contributed by atoms with E-state index in [0.29, 0.717) is 27.3 Å². The van der Waals surface area contributed by atoms with Gasteiger partial charge in [-0.05, 0) is 60.7 Å². The number of anilines is 1. The van der Waals surface area contributed by atoms with E-state index in [4.69, 9.17) is 11.6 Å². The lowest BCUT2D eigenvalue weighted by atomic mass is 10.3. The maximum Gasteiger partial charge on any atom is 0.274 e. The van der Waals surface area contributed by atoms with E-state index in [1.165, 1.54) is 42.2 Å². The molecule has 0 spiro atoms. The summed E-state index contributed by atoms with van der Waals surface area (Å²) in [4.78, 5) is 25.4. The number of hydrogen-bond donors (Lipinski definition) is 2. The Labute approximate surface area is 197 Å². The number of carbonyl (C=O) groups is 1. The lowest BCUT2D eigenvalue weighted by Gasteiger charge is -2.12. The van der Waals surface area contributed by atoms with Crippen molar-refractivity contribution in [1.29, 1.82) is 0 Å². The Morgan fingerprint density at radius 1 is 1.06 bits per heavy atom. The Kier molecular flexibility index (Phi) is 5.85. The third kappa shape index (κ3) is 4.62. The van der Waals surface area contributed by atoms with Crippen LogP contribution in [0.2, 0.25) is 5.02 Å². The summed E-state index contributed by atoms with van der Waals surface area (Å²) in [5.41, 5.74) is 3.44. The molecule has 164 valence electrons. The first kappa shape index (κ1) is 21.2. The van der Waals surface area contributed by atoms with Gasteiger partial charge in [0.1, 0.15) is 17.3 Å². The molecule has 0 fully saturated rings. The average Bonchev–Trinajstić information content (AvgIpc) is 3.43. The van der Waals surface area contributed by atoms with Gasteiger partial charge in [0, 0.05) is 16.4 Å². The van der Waals surface area contributed by atoms with E-state index < -0.39 is 0 Å². The molecular weight excluding hydrogens is 461 g/mol. The molecule has 0 saturated heterocycles. The Morgan fingerprint density at radius 2 is 1.82 bits per heavy atom. The van der Waals surface area contributed by atoms with Gasteiger partial charge in [0.05, 0.1) is 23.0 Å². The maximum absolute atomic E-state index is 13.2. The molecule has 2 heterocycles. The standard InChI is InChI=1S/C24H17ClFN5OS/c25-15-5-11-18(12-6-15)31-21(23(32)28-17-9-7-16(26)8-10-17)13-27-24(31)33-14-22-29-19-3-1-2-4-20(19)30-22/h1-13H,14H2,(H,28,32)(H,29,30). The fourth-order valence-electron chi connectivity index (χ4n) is 3.37. The summed E-state index contributed by atoms with van der Waals surface area (Å²) in [5.74, 6) is 0.616. The summed E-state index contributed by atoms with van der Waals surface area (Å²) in [6.07, 6.45) is 1.52. The summed E-state index contributed by atoms with van der Waals surface area (Å²) in [7, 11) is 0. The quantitative estimate of drug-likeness (QED) is 0.290. The predicted octanol–water partition coefficient (Wildman–Crippen LogP) is 6.09.